The second kappa shape index (κ2) is 7.81. The average molecular weight is 238 g/mol. The minimum absolute atomic E-state index is 0.284. The predicted molar refractivity (Wildman–Crippen MR) is 63.9 cm³/mol. The molecule has 4 heteroatoms. The summed E-state index contributed by atoms with van der Waals surface area (Å²) in [6.07, 6.45) is 0.0301. The fourth-order valence-corrected chi connectivity index (χ4v) is 1.41. The number of benzene rings is 1. The van der Waals surface area contributed by atoms with Gasteiger partial charge in [-0.15, -0.1) is 0 Å². The van der Waals surface area contributed by atoms with Crippen LogP contribution in [-0.2, 0) is 14.3 Å². The zero-order chi connectivity index (χ0) is 12.5. The third-order valence-corrected chi connectivity index (χ3v) is 2.19. The number of hydrogen-bond donors (Lipinski definition) is 1. The monoisotopic (exact) mass is 238 g/mol. The Morgan fingerprint density at radius 3 is 2.53 bits per heavy atom. The molecule has 0 fully saturated rings. The number of ether oxygens (including phenoxy) is 2. The molecule has 0 bridgehead atoms. The van der Waals surface area contributed by atoms with Gasteiger partial charge in [0.2, 0.25) is 0 Å². The first kappa shape index (κ1) is 13.7. The molecular weight excluding hydrogens is 220 g/mol. The van der Waals surface area contributed by atoms with E-state index in [2.05, 4.69) is 0 Å². The van der Waals surface area contributed by atoms with E-state index in [1.165, 1.54) is 0 Å². The Labute approximate surface area is 101 Å². The second-order valence-corrected chi connectivity index (χ2v) is 3.61. The van der Waals surface area contributed by atoms with Crippen LogP contribution in [0.3, 0.4) is 0 Å². The number of carboxylic acid groups (broad SMARTS) is 1. The summed E-state index contributed by atoms with van der Waals surface area (Å²) in [5.41, 5.74) is 0.649. The highest BCUT2D eigenvalue weighted by molar-refractivity contribution is 5.74. The minimum atomic E-state index is -0.980. The summed E-state index contributed by atoms with van der Waals surface area (Å²) in [4.78, 5) is 11.1. The van der Waals surface area contributed by atoms with Crippen molar-refractivity contribution in [2.75, 3.05) is 19.8 Å². The fraction of sp³-hybridized carbons (Fsp3) is 0.462. The van der Waals surface area contributed by atoms with Crippen molar-refractivity contribution < 1.29 is 19.4 Å². The van der Waals surface area contributed by atoms with Crippen LogP contribution in [0.2, 0.25) is 0 Å². The van der Waals surface area contributed by atoms with Crippen LogP contribution in [0, 0.1) is 0 Å². The van der Waals surface area contributed by atoms with Gasteiger partial charge in [-0.25, -0.2) is 4.79 Å². The Morgan fingerprint density at radius 2 is 1.94 bits per heavy atom. The van der Waals surface area contributed by atoms with Crippen LogP contribution in [0.25, 0.3) is 0 Å². The fourth-order valence-electron chi connectivity index (χ4n) is 1.41. The highest BCUT2D eigenvalue weighted by Crippen LogP contribution is 2.16. The molecule has 1 atom stereocenters. The lowest BCUT2D eigenvalue weighted by molar-refractivity contribution is -0.151. The van der Waals surface area contributed by atoms with Gasteiger partial charge in [-0.3, -0.25) is 0 Å². The summed E-state index contributed by atoms with van der Waals surface area (Å²) in [6.45, 7) is 3.40. The number of carboxylic acids is 1. The summed E-state index contributed by atoms with van der Waals surface area (Å²) < 4.78 is 10.5. The maximum Gasteiger partial charge on any atom is 0.337 e. The number of hydrogen-bond acceptors (Lipinski definition) is 3. The van der Waals surface area contributed by atoms with Gasteiger partial charge in [0, 0.05) is 6.61 Å². The molecule has 4 nitrogen and oxygen atoms in total. The summed E-state index contributed by atoms with van der Waals surface area (Å²) >= 11 is 0. The van der Waals surface area contributed by atoms with Crippen LogP contribution in [0.15, 0.2) is 30.3 Å². The third kappa shape index (κ3) is 4.97. The normalized spacial score (nSPS) is 12.3. The van der Waals surface area contributed by atoms with E-state index in [1.54, 1.807) is 24.3 Å². The Balaban J connectivity index is 2.42. The van der Waals surface area contributed by atoms with Crippen molar-refractivity contribution in [3.8, 4) is 0 Å². The lowest BCUT2D eigenvalue weighted by Crippen LogP contribution is -2.18. The first-order valence-corrected chi connectivity index (χ1v) is 5.72. The van der Waals surface area contributed by atoms with Gasteiger partial charge in [0.15, 0.2) is 6.10 Å². The molecule has 0 amide bonds. The molecule has 1 N–H and O–H groups in total. The van der Waals surface area contributed by atoms with Crippen molar-refractivity contribution in [1.82, 2.24) is 0 Å². The van der Waals surface area contributed by atoms with Crippen LogP contribution in [0.1, 0.15) is 25.0 Å². The molecule has 94 valence electrons. The van der Waals surface area contributed by atoms with Crippen LogP contribution < -0.4 is 0 Å². The van der Waals surface area contributed by atoms with Gasteiger partial charge in [-0.05, 0) is 12.0 Å². The van der Waals surface area contributed by atoms with Crippen LogP contribution >= 0.6 is 0 Å². The van der Waals surface area contributed by atoms with E-state index in [0.717, 1.165) is 6.42 Å². The summed E-state index contributed by atoms with van der Waals surface area (Å²) in [5, 5.41) is 9.06. The standard InChI is InChI=1S/C13H18O4/c1-2-8-16-9-10-17-12(13(14)15)11-6-4-3-5-7-11/h3-7,12H,2,8-10H2,1H3,(H,14,15). The number of carbonyl (C=O) groups is 1. The molecule has 0 aromatic heterocycles. The molecule has 0 radical (unpaired) electrons. The quantitative estimate of drug-likeness (QED) is 0.706. The molecule has 0 spiro atoms. The maximum atomic E-state index is 11.1. The molecular formula is C13H18O4. The maximum absolute atomic E-state index is 11.1. The topological polar surface area (TPSA) is 55.8 Å². The molecule has 1 aromatic rings. The minimum Gasteiger partial charge on any atom is -0.479 e. The van der Waals surface area contributed by atoms with Gasteiger partial charge in [-0.1, -0.05) is 37.3 Å². The van der Waals surface area contributed by atoms with Crippen molar-refractivity contribution in [2.24, 2.45) is 0 Å². The Bertz CT molecular complexity index is 323. The summed E-state index contributed by atoms with van der Waals surface area (Å²) in [5.74, 6) is -0.980. The van der Waals surface area contributed by atoms with E-state index in [1.807, 2.05) is 13.0 Å². The molecule has 17 heavy (non-hydrogen) atoms. The van der Waals surface area contributed by atoms with Crippen LogP contribution in [0.5, 0.6) is 0 Å². The SMILES string of the molecule is CCCOCCOC(C(=O)O)c1ccccc1. The van der Waals surface area contributed by atoms with E-state index >= 15 is 0 Å². The summed E-state index contributed by atoms with van der Waals surface area (Å²) in [6, 6.07) is 8.91. The lowest BCUT2D eigenvalue weighted by Gasteiger charge is -2.13. The van der Waals surface area contributed by atoms with Crippen molar-refractivity contribution >= 4 is 5.97 Å². The average Bonchev–Trinajstić information content (AvgIpc) is 2.34. The van der Waals surface area contributed by atoms with Gasteiger partial charge in [0.1, 0.15) is 0 Å². The lowest BCUT2D eigenvalue weighted by atomic mass is 10.1. The highest BCUT2D eigenvalue weighted by Gasteiger charge is 2.19. The predicted octanol–water partition coefficient (Wildman–Crippen LogP) is 2.26. The molecule has 0 heterocycles. The zero-order valence-corrected chi connectivity index (χ0v) is 9.96. The molecule has 1 aromatic carbocycles. The highest BCUT2D eigenvalue weighted by atomic mass is 16.5. The largest absolute Gasteiger partial charge is 0.479 e. The Kier molecular flexibility index (Phi) is 6.29. The first-order valence-electron chi connectivity index (χ1n) is 5.72. The van der Waals surface area contributed by atoms with Crippen molar-refractivity contribution in [2.45, 2.75) is 19.4 Å². The van der Waals surface area contributed by atoms with Crippen molar-refractivity contribution in [1.29, 1.82) is 0 Å². The summed E-state index contributed by atoms with van der Waals surface area (Å²) in [7, 11) is 0. The Morgan fingerprint density at radius 1 is 1.24 bits per heavy atom. The van der Waals surface area contributed by atoms with Gasteiger partial charge in [0.25, 0.3) is 0 Å². The van der Waals surface area contributed by atoms with E-state index in [4.69, 9.17) is 14.6 Å². The smallest absolute Gasteiger partial charge is 0.337 e. The molecule has 1 rings (SSSR count). The van der Waals surface area contributed by atoms with Gasteiger partial charge in [-0.2, -0.15) is 0 Å². The van der Waals surface area contributed by atoms with Gasteiger partial charge in [0.05, 0.1) is 13.2 Å². The van der Waals surface area contributed by atoms with E-state index in [-0.39, 0.29) is 6.61 Å². The Hall–Kier alpha value is -1.39. The van der Waals surface area contributed by atoms with Crippen LogP contribution in [0.4, 0.5) is 0 Å². The van der Waals surface area contributed by atoms with Crippen LogP contribution in [-0.4, -0.2) is 30.9 Å². The molecule has 0 saturated carbocycles. The van der Waals surface area contributed by atoms with E-state index < -0.39 is 12.1 Å². The third-order valence-electron chi connectivity index (χ3n) is 2.19. The molecule has 1 unspecified atom stereocenters. The first-order chi connectivity index (χ1) is 8.25. The number of aliphatic carboxylic acids is 1. The molecule has 0 saturated heterocycles. The van der Waals surface area contributed by atoms with E-state index in [9.17, 15) is 4.79 Å². The number of rotatable bonds is 8. The second-order valence-electron chi connectivity index (χ2n) is 3.61. The van der Waals surface area contributed by atoms with Gasteiger partial charge >= 0.3 is 5.97 Å². The molecule has 0 aliphatic carbocycles. The van der Waals surface area contributed by atoms with E-state index in [0.29, 0.717) is 18.8 Å². The van der Waals surface area contributed by atoms with Crippen molar-refractivity contribution in [3.05, 3.63) is 35.9 Å². The van der Waals surface area contributed by atoms with Gasteiger partial charge < -0.3 is 14.6 Å². The van der Waals surface area contributed by atoms with Crippen molar-refractivity contribution in [3.63, 3.8) is 0 Å². The molecule has 0 aliphatic heterocycles. The zero-order valence-electron chi connectivity index (χ0n) is 9.96. The molecule has 0 aliphatic rings.